The largest absolute Gasteiger partial charge is 0.481 e. The minimum Gasteiger partial charge on any atom is -0.481 e. The van der Waals surface area contributed by atoms with E-state index in [0.717, 1.165) is 16.7 Å². The third-order valence-corrected chi connectivity index (χ3v) is 4.21. The van der Waals surface area contributed by atoms with Crippen LogP contribution in [-0.2, 0) is 11.3 Å². The van der Waals surface area contributed by atoms with E-state index in [1.165, 1.54) is 4.90 Å². The van der Waals surface area contributed by atoms with Gasteiger partial charge in [-0.15, -0.1) is 0 Å². The van der Waals surface area contributed by atoms with Gasteiger partial charge < -0.3 is 14.2 Å². The maximum Gasteiger partial charge on any atom is 0.263 e. The molecule has 0 aliphatic heterocycles. The zero-order valence-corrected chi connectivity index (χ0v) is 16.0. The summed E-state index contributed by atoms with van der Waals surface area (Å²) >= 11 is 0. The summed E-state index contributed by atoms with van der Waals surface area (Å²) in [7, 11) is 1.69. The highest BCUT2D eigenvalue weighted by Crippen LogP contribution is 2.18. The molecule has 1 atom stereocenters. The molecule has 3 aromatic rings. The van der Waals surface area contributed by atoms with Gasteiger partial charge in [-0.05, 0) is 32.9 Å². The topological polar surface area (TPSA) is 68.5 Å². The average molecular weight is 365 g/mol. The molecule has 27 heavy (non-hydrogen) atoms. The first kappa shape index (κ1) is 18.6. The summed E-state index contributed by atoms with van der Waals surface area (Å²) < 4.78 is 11.0. The van der Waals surface area contributed by atoms with Crippen molar-refractivity contribution in [2.45, 2.75) is 33.4 Å². The van der Waals surface area contributed by atoms with Crippen LogP contribution in [0.15, 0.2) is 53.1 Å². The Bertz CT molecular complexity index is 901. The number of carbonyl (C=O) groups is 1. The molecule has 0 fully saturated rings. The van der Waals surface area contributed by atoms with Crippen LogP contribution in [0.3, 0.4) is 0 Å². The predicted octanol–water partition coefficient (Wildman–Crippen LogP) is 3.78. The molecule has 0 spiro atoms. The first-order valence-electron chi connectivity index (χ1n) is 8.80. The second-order valence-corrected chi connectivity index (χ2v) is 6.65. The van der Waals surface area contributed by atoms with Crippen LogP contribution in [0.1, 0.15) is 23.9 Å². The lowest BCUT2D eigenvalue weighted by Gasteiger charge is -2.20. The summed E-state index contributed by atoms with van der Waals surface area (Å²) in [4.78, 5) is 18.4. The number of nitrogens with zero attached hydrogens (tertiary/aromatic N) is 3. The van der Waals surface area contributed by atoms with Gasteiger partial charge in [-0.2, -0.15) is 4.98 Å². The van der Waals surface area contributed by atoms with E-state index in [2.05, 4.69) is 10.1 Å². The van der Waals surface area contributed by atoms with Crippen LogP contribution in [0.5, 0.6) is 5.75 Å². The Balaban J connectivity index is 1.60. The van der Waals surface area contributed by atoms with Gasteiger partial charge in [0.05, 0.1) is 6.54 Å². The third-order valence-electron chi connectivity index (χ3n) is 4.21. The molecule has 1 amide bonds. The molecule has 2 aromatic carbocycles. The monoisotopic (exact) mass is 365 g/mol. The van der Waals surface area contributed by atoms with Crippen LogP contribution in [0.25, 0.3) is 11.4 Å². The number of amides is 1. The summed E-state index contributed by atoms with van der Waals surface area (Å²) in [6.45, 7) is 5.97. The van der Waals surface area contributed by atoms with Gasteiger partial charge in [0.25, 0.3) is 5.91 Å². The Morgan fingerprint density at radius 1 is 1.07 bits per heavy atom. The Hall–Kier alpha value is -3.15. The highest BCUT2D eigenvalue weighted by molar-refractivity contribution is 5.80. The molecule has 0 bridgehead atoms. The van der Waals surface area contributed by atoms with Gasteiger partial charge in [0, 0.05) is 12.6 Å². The maximum absolute atomic E-state index is 12.5. The number of aryl methyl sites for hydroxylation is 2. The Morgan fingerprint density at radius 2 is 1.67 bits per heavy atom. The summed E-state index contributed by atoms with van der Waals surface area (Å²) in [5.41, 5.74) is 3.18. The lowest BCUT2D eigenvalue weighted by Crippen LogP contribution is -2.37. The number of aromatic nitrogens is 2. The average Bonchev–Trinajstić information content (AvgIpc) is 3.12. The van der Waals surface area contributed by atoms with E-state index in [4.69, 9.17) is 9.26 Å². The number of rotatable bonds is 6. The zero-order chi connectivity index (χ0) is 19.4. The molecule has 0 radical (unpaired) electrons. The number of ether oxygens (including phenoxy) is 1. The molecule has 0 saturated carbocycles. The zero-order valence-electron chi connectivity index (χ0n) is 16.0. The molecule has 1 heterocycles. The van der Waals surface area contributed by atoms with Crippen molar-refractivity contribution in [1.29, 1.82) is 0 Å². The molecule has 0 saturated heterocycles. The Kier molecular flexibility index (Phi) is 5.54. The number of hydrogen-bond donors (Lipinski definition) is 0. The molecule has 6 heteroatoms. The van der Waals surface area contributed by atoms with Gasteiger partial charge in [0.15, 0.2) is 6.10 Å². The second kappa shape index (κ2) is 8.03. The van der Waals surface area contributed by atoms with Crippen LogP contribution in [0, 0.1) is 13.8 Å². The Morgan fingerprint density at radius 3 is 2.30 bits per heavy atom. The maximum atomic E-state index is 12.5. The molecule has 6 nitrogen and oxygen atoms in total. The summed E-state index contributed by atoms with van der Waals surface area (Å²) in [5.74, 6) is 1.39. The van der Waals surface area contributed by atoms with Crippen molar-refractivity contribution in [2.24, 2.45) is 0 Å². The molecular formula is C21H23N3O3. The smallest absolute Gasteiger partial charge is 0.263 e. The van der Waals surface area contributed by atoms with Crippen LogP contribution < -0.4 is 4.74 Å². The van der Waals surface area contributed by atoms with E-state index in [1.807, 2.05) is 62.4 Å². The van der Waals surface area contributed by atoms with Crippen molar-refractivity contribution in [2.75, 3.05) is 7.05 Å². The highest BCUT2D eigenvalue weighted by atomic mass is 16.5. The standard InChI is InChI=1S/C21H23N3O3/c1-14-5-9-17(10-6-14)20-22-19(27-23-20)13-24(4)21(25)16(3)26-18-11-7-15(2)8-12-18/h5-12,16H,13H2,1-4H3. The highest BCUT2D eigenvalue weighted by Gasteiger charge is 2.21. The van der Waals surface area contributed by atoms with Crippen molar-refractivity contribution in [3.05, 3.63) is 65.5 Å². The normalized spacial score (nSPS) is 11.9. The SMILES string of the molecule is Cc1ccc(OC(C)C(=O)N(C)Cc2nc(-c3ccc(C)cc3)no2)cc1. The number of carbonyl (C=O) groups excluding carboxylic acids is 1. The lowest BCUT2D eigenvalue weighted by molar-refractivity contribution is -0.137. The third kappa shape index (κ3) is 4.73. The summed E-state index contributed by atoms with van der Waals surface area (Å²) in [6, 6.07) is 15.5. The van der Waals surface area contributed by atoms with E-state index in [-0.39, 0.29) is 12.5 Å². The van der Waals surface area contributed by atoms with E-state index in [1.54, 1.807) is 14.0 Å². The van der Waals surface area contributed by atoms with Crippen molar-refractivity contribution < 1.29 is 14.1 Å². The lowest BCUT2D eigenvalue weighted by atomic mass is 10.1. The van der Waals surface area contributed by atoms with E-state index >= 15 is 0 Å². The quantitative estimate of drug-likeness (QED) is 0.665. The molecule has 3 rings (SSSR count). The molecule has 1 aromatic heterocycles. The van der Waals surface area contributed by atoms with Crippen LogP contribution in [0.4, 0.5) is 0 Å². The van der Waals surface area contributed by atoms with Crippen LogP contribution in [-0.4, -0.2) is 34.1 Å². The fraction of sp³-hybridized carbons (Fsp3) is 0.286. The van der Waals surface area contributed by atoms with E-state index < -0.39 is 6.10 Å². The fourth-order valence-corrected chi connectivity index (χ4v) is 2.60. The number of hydrogen-bond acceptors (Lipinski definition) is 5. The molecule has 140 valence electrons. The fourth-order valence-electron chi connectivity index (χ4n) is 2.60. The van der Waals surface area contributed by atoms with E-state index in [9.17, 15) is 4.79 Å². The van der Waals surface area contributed by atoms with E-state index in [0.29, 0.717) is 17.5 Å². The van der Waals surface area contributed by atoms with Crippen LogP contribution >= 0.6 is 0 Å². The van der Waals surface area contributed by atoms with Gasteiger partial charge in [0.2, 0.25) is 11.7 Å². The molecule has 0 aliphatic rings. The van der Waals surface area contributed by atoms with Crippen molar-refractivity contribution in [1.82, 2.24) is 15.0 Å². The number of likely N-dealkylation sites (N-methyl/N-ethyl adjacent to an activating group) is 1. The molecule has 1 unspecified atom stereocenters. The first-order chi connectivity index (χ1) is 12.9. The molecular weight excluding hydrogens is 342 g/mol. The first-order valence-corrected chi connectivity index (χ1v) is 8.80. The van der Waals surface area contributed by atoms with Gasteiger partial charge in [0.1, 0.15) is 5.75 Å². The minimum atomic E-state index is -0.614. The predicted molar refractivity (Wildman–Crippen MR) is 102 cm³/mol. The number of benzene rings is 2. The van der Waals surface area contributed by atoms with Crippen molar-refractivity contribution >= 4 is 5.91 Å². The van der Waals surface area contributed by atoms with Gasteiger partial charge >= 0.3 is 0 Å². The van der Waals surface area contributed by atoms with Crippen molar-refractivity contribution in [3.63, 3.8) is 0 Å². The van der Waals surface area contributed by atoms with Crippen LogP contribution in [0.2, 0.25) is 0 Å². The summed E-state index contributed by atoms with van der Waals surface area (Å²) in [6.07, 6.45) is -0.614. The van der Waals surface area contributed by atoms with Gasteiger partial charge in [-0.25, -0.2) is 0 Å². The molecule has 0 N–H and O–H groups in total. The second-order valence-electron chi connectivity index (χ2n) is 6.65. The summed E-state index contributed by atoms with van der Waals surface area (Å²) in [5, 5.41) is 3.99. The molecule has 0 aliphatic carbocycles. The Labute approximate surface area is 158 Å². The minimum absolute atomic E-state index is 0.161. The van der Waals surface area contributed by atoms with Crippen molar-refractivity contribution in [3.8, 4) is 17.1 Å². The van der Waals surface area contributed by atoms with Gasteiger partial charge in [-0.1, -0.05) is 52.7 Å². The van der Waals surface area contributed by atoms with Gasteiger partial charge in [-0.3, -0.25) is 4.79 Å².